The maximum absolute atomic E-state index is 12.4. The van der Waals surface area contributed by atoms with E-state index < -0.39 is 0 Å². The summed E-state index contributed by atoms with van der Waals surface area (Å²) in [5, 5.41) is 0.938. The van der Waals surface area contributed by atoms with Gasteiger partial charge in [-0.2, -0.15) is 0 Å². The van der Waals surface area contributed by atoms with E-state index in [1.54, 1.807) is 24.3 Å². The maximum atomic E-state index is 12.4. The maximum Gasteiger partial charge on any atom is 0.194 e. The Morgan fingerprint density at radius 2 is 1.89 bits per heavy atom. The average Bonchev–Trinajstić information content (AvgIpc) is 2.41. The lowest BCUT2D eigenvalue weighted by molar-refractivity contribution is 0.103. The Bertz CT molecular complexity index is 605. The van der Waals surface area contributed by atoms with Crippen molar-refractivity contribution in [1.82, 2.24) is 0 Å². The monoisotopic (exact) mass is 292 g/mol. The van der Waals surface area contributed by atoms with Crippen molar-refractivity contribution in [3.8, 4) is 0 Å². The minimum absolute atomic E-state index is 0.0922. The molecule has 0 unspecified atom stereocenters. The molecule has 0 aliphatic carbocycles. The Labute approximate surface area is 123 Å². The molecule has 0 amide bonds. The number of ketones is 1. The van der Waals surface area contributed by atoms with E-state index in [0.717, 1.165) is 18.4 Å². The van der Waals surface area contributed by atoms with Crippen molar-refractivity contribution in [2.75, 3.05) is 0 Å². The van der Waals surface area contributed by atoms with Gasteiger partial charge in [-0.15, -0.1) is 0 Å². The standard InChI is InChI=1S/C16H14Cl2O/c1-2-4-11-5-3-6-12(9-11)16(19)14-10-13(17)7-8-15(14)18/h3,5-10H,2,4H2,1H3. The summed E-state index contributed by atoms with van der Waals surface area (Å²) >= 11 is 12.0. The number of hydrogen-bond donors (Lipinski definition) is 0. The molecule has 98 valence electrons. The third kappa shape index (κ3) is 3.37. The fraction of sp³-hybridized carbons (Fsp3) is 0.188. The summed E-state index contributed by atoms with van der Waals surface area (Å²) in [6, 6.07) is 12.6. The van der Waals surface area contributed by atoms with Crippen molar-refractivity contribution < 1.29 is 4.79 Å². The first-order valence-corrected chi connectivity index (χ1v) is 6.96. The summed E-state index contributed by atoms with van der Waals surface area (Å²) in [5.74, 6) is -0.0922. The Balaban J connectivity index is 2.38. The van der Waals surface area contributed by atoms with Crippen LogP contribution in [0.1, 0.15) is 34.8 Å². The van der Waals surface area contributed by atoms with E-state index in [-0.39, 0.29) is 5.78 Å². The molecule has 0 heterocycles. The molecule has 0 fully saturated rings. The van der Waals surface area contributed by atoms with Gasteiger partial charge in [-0.05, 0) is 36.2 Å². The number of aryl methyl sites for hydroxylation is 1. The molecule has 0 aliphatic heterocycles. The highest BCUT2D eigenvalue weighted by atomic mass is 35.5. The van der Waals surface area contributed by atoms with E-state index in [2.05, 4.69) is 6.92 Å². The smallest absolute Gasteiger partial charge is 0.194 e. The van der Waals surface area contributed by atoms with Crippen LogP contribution in [-0.4, -0.2) is 5.78 Å². The number of rotatable bonds is 4. The first-order valence-electron chi connectivity index (χ1n) is 6.20. The molecule has 0 atom stereocenters. The fourth-order valence-electron chi connectivity index (χ4n) is 1.98. The molecule has 0 bridgehead atoms. The number of hydrogen-bond acceptors (Lipinski definition) is 1. The zero-order chi connectivity index (χ0) is 13.8. The molecule has 3 heteroatoms. The van der Waals surface area contributed by atoms with Gasteiger partial charge in [0.1, 0.15) is 0 Å². The van der Waals surface area contributed by atoms with Crippen molar-refractivity contribution in [3.63, 3.8) is 0 Å². The summed E-state index contributed by atoms with van der Waals surface area (Å²) in [4.78, 5) is 12.4. The molecule has 1 nitrogen and oxygen atoms in total. The van der Waals surface area contributed by atoms with E-state index >= 15 is 0 Å². The van der Waals surface area contributed by atoms with Crippen molar-refractivity contribution in [1.29, 1.82) is 0 Å². The van der Waals surface area contributed by atoms with Gasteiger partial charge in [0.05, 0.1) is 5.02 Å². The summed E-state index contributed by atoms with van der Waals surface area (Å²) < 4.78 is 0. The van der Waals surface area contributed by atoms with Crippen molar-refractivity contribution in [3.05, 3.63) is 69.2 Å². The van der Waals surface area contributed by atoms with E-state index in [0.29, 0.717) is 21.2 Å². The van der Waals surface area contributed by atoms with E-state index in [4.69, 9.17) is 23.2 Å². The lowest BCUT2D eigenvalue weighted by Crippen LogP contribution is -2.03. The van der Waals surface area contributed by atoms with Crippen LogP contribution in [0.4, 0.5) is 0 Å². The van der Waals surface area contributed by atoms with E-state index in [9.17, 15) is 4.79 Å². The molecular weight excluding hydrogens is 279 g/mol. The molecule has 0 aromatic heterocycles. The van der Waals surface area contributed by atoms with Gasteiger partial charge >= 0.3 is 0 Å². The topological polar surface area (TPSA) is 17.1 Å². The van der Waals surface area contributed by atoms with Crippen LogP contribution in [0.2, 0.25) is 10.0 Å². The summed E-state index contributed by atoms with van der Waals surface area (Å²) in [7, 11) is 0. The predicted octanol–water partition coefficient (Wildman–Crippen LogP) is 5.18. The lowest BCUT2D eigenvalue weighted by atomic mass is 10.00. The van der Waals surface area contributed by atoms with Crippen LogP contribution in [0.15, 0.2) is 42.5 Å². The normalized spacial score (nSPS) is 10.5. The quantitative estimate of drug-likeness (QED) is 0.710. The zero-order valence-corrected chi connectivity index (χ0v) is 12.1. The Morgan fingerprint density at radius 1 is 1.11 bits per heavy atom. The summed E-state index contributed by atoms with van der Waals surface area (Å²) in [6.45, 7) is 2.11. The minimum atomic E-state index is -0.0922. The highest BCUT2D eigenvalue weighted by Gasteiger charge is 2.13. The molecule has 0 saturated carbocycles. The number of benzene rings is 2. The lowest BCUT2D eigenvalue weighted by Gasteiger charge is -2.06. The molecule has 0 saturated heterocycles. The molecule has 0 N–H and O–H groups in total. The van der Waals surface area contributed by atoms with Crippen molar-refractivity contribution >= 4 is 29.0 Å². The summed E-state index contributed by atoms with van der Waals surface area (Å²) in [6.07, 6.45) is 2.01. The van der Waals surface area contributed by atoms with Crippen LogP contribution in [-0.2, 0) is 6.42 Å². The highest BCUT2D eigenvalue weighted by molar-refractivity contribution is 6.36. The third-order valence-corrected chi connectivity index (χ3v) is 3.47. The second-order valence-corrected chi connectivity index (χ2v) is 5.25. The predicted molar refractivity (Wildman–Crippen MR) is 80.3 cm³/mol. The average molecular weight is 293 g/mol. The van der Waals surface area contributed by atoms with Crippen LogP contribution in [0.25, 0.3) is 0 Å². The van der Waals surface area contributed by atoms with Gasteiger partial charge in [-0.25, -0.2) is 0 Å². The second-order valence-electron chi connectivity index (χ2n) is 4.40. The minimum Gasteiger partial charge on any atom is -0.289 e. The SMILES string of the molecule is CCCc1cccc(C(=O)c2cc(Cl)ccc2Cl)c1. The van der Waals surface area contributed by atoms with Gasteiger partial charge in [0.25, 0.3) is 0 Å². The molecule has 0 spiro atoms. The van der Waals surface area contributed by atoms with Gasteiger partial charge in [-0.3, -0.25) is 4.79 Å². The van der Waals surface area contributed by atoms with Crippen LogP contribution in [0, 0.1) is 0 Å². The Hall–Kier alpha value is -1.31. The number of halogens is 2. The van der Waals surface area contributed by atoms with Crippen molar-refractivity contribution in [2.24, 2.45) is 0 Å². The number of carbonyl (C=O) groups is 1. The van der Waals surface area contributed by atoms with Gasteiger partial charge in [-0.1, -0.05) is 54.7 Å². The fourth-order valence-corrected chi connectivity index (χ4v) is 2.36. The van der Waals surface area contributed by atoms with Crippen LogP contribution in [0.5, 0.6) is 0 Å². The second kappa shape index (κ2) is 6.23. The molecule has 2 aromatic carbocycles. The first kappa shape index (κ1) is 14.1. The van der Waals surface area contributed by atoms with E-state index in [1.807, 2.05) is 18.2 Å². The van der Waals surface area contributed by atoms with Crippen LogP contribution >= 0.6 is 23.2 Å². The molecule has 0 radical (unpaired) electrons. The third-order valence-electron chi connectivity index (χ3n) is 2.90. The molecule has 2 rings (SSSR count). The Kier molecular flexibility index (Phi) is 4.62. The number of carbonyl (C=O) groups excluding carboxylic acids is 1. The largest absolute Gasteiger partial charge is 0.289 e. The van der Waals surface area contributed by atoms with Gasteiger partial charge in [0, 0.05) is 16.1 Å². The highest BCUT2D eigenvalue weighted by Crippen LogP contribution is 2.23. The molecule has 2 aromatic rings. The summed E-state index contributed by atoms with van der Waals surface area (Å²) in [5.41, 5.74) is 2.25. The molecule has 19 heavy (non-hydrogen) atoms. The molecule has 0 aliphatic rings. The van der Waals surface area contributed by atoms with E-state index in [1.165, 1.54) is 0 Å². The molecular formula is C16H14Cl2O. The van der Waals surface area contributed by atoms with Gasteiger partial charge in [0.15, 0.2) is 5.78 Å². The van der Waals surface area contributed by atoms with Crippen LogP contribution < -0.4 is 0 Å². The van der Waals surface area contributed by atoms with Crippen LogP contribution in [0.3, 0.4) is 0 Å². The van der Waals surface area contributed by atoms with Gasteiger partial charge in [0.2, 0.25) is 0 Å². The zero-order valence-electron chi connectivity index (χ0n) is 10.6. The first-order chi connectivity index (χ1) is 9.11. The Morgan fingerprint density at radius 3 is 2.63 bits per heavy atom. The van der Waals surface area contributed by atoms with Gasteiger partial charge < -0.3 is 0 Å². The van der Waals surface area contributed by atoms with Crippen molar-refractivity contribution in [2.45, 2.75) is 19.8 Å².